The van der Waals surface area contributed by atoms with Gasteiger partial charge in [0.1, 0.15) is 11.5 Å². The van der Waals surface area contributed by atoms with Crippen LogP contribution in [0.5, 0.6) is 0 Å². The van der Waals surface area contributed by atoms with E-state index in [4.69, 9.17) is 0 Å². The maximum Gasteiger partial charge on any atom is 0.165 e. The number of aliphatic imine (C=N–C) groups is 1. The number of rotatable bonds is 3. The fourth-order valence-corrected chi connectivity index (χ4v) is 1.09. The van der Waals surface area contributed by atoms with Gasteiger partial charge >= 0.3 is 0 Å². The van der Waals surface area contributed by atoms with Gasteiger partial charge in [-0.1, -0.05) is 27.4 Å². The Hall–Kier alpha value is -1.62. The lowest BCUT2D eigenvalue weighted by atomic mass is 10.3. The van der Waals surface area contributed by atoms with E-state index in [-0.39, 0.29) is 0 Å². The lowest BCUT2D eigenvalue weighted by Gasteiger charge is -2.08. The Bertz CT molecular complexity index is 387. The van der Waals surface area contributed by atoms with E-state index in [1.807, 2.05) is 18.5 Å². The van der Waals surface area contributed by atoms with Crippen LogP contribution in [0.3, 0.4) is 0 Å². The van der Waals surface area contributed by atoms with E-state index >= 15 is 0 Å². The van der Waals surface area contributed by atoms with Gasteiger partial charge in [-0.05, 0) is 12.8 Å². The van der Waals surface area contributed by atoms with Gasteiger partial charge in [0.2, 0.25) is 0 Å². The van der Waals surface area contributed by atoms with Gasteiger partial charge in [-0.15, -0.1) is 0 Å². The van der Waals surface area contributed by atoms with E-state index in [1.165, 1.54) is 6.20 Å². The molecule has 0 aliphatic heterocycles. The molecular weight excluding hydrogens is 226 g/mol. The maximum absolute atomic E-state index is 4.18. The zero-order valence-electron chi connectivity index (χ0n) is 12.3. The number of imidazole rings is 1. The SMILES string of the molecule is C=CN=C(NNC)c1cnc(C)n1C.CC(C)C. The molecule has 1 heterocycles. The Morgan fingerprint density at radius 3 is 2.39 bits per heavy atom. The summed E-state index contributed by atoms with van der Waals surface area (Å²) in [6.45, 7) is 12.0. The first-order valence-corrected chi connectivity index (χ1v) is 6.04. The number of nitrogens with one attached hydrogen (secondary N) is 2. The van der Waals surface area contributed by atoms with Crippen molar-refractivity contribution in [3.8, 4) is 0 Å². The smallest absolute Gasteiger partial charge is 0.165 e. The van der Waals surface area contributed by atoms with E-state index in [1.54, 1.807) is 13.2 Å². The molecule has 0 fully saturated rings. The van der Waals surface area contributed by atoms with E-state index in [0.717, 1.165) is 17.4 Å². The Labute approximate surface area is 110 Å². The summed E-state index contributed by atoms with van der Waals surface area (Å²) in [4.78, 5) is 8.29. The van der Waals surface area contributed by atoms with E-state index in [9.17, 15) is 0 Å². The zero-order chi connectivity index (χ0) is 14.1. The molecule has 1 aromatic heterocycles. The van der Waals surface area contributed by atoms with Gasteiger partial charge in [-0.2, -0.15) is 0 Å². The van der Waals surface area contributed by atoms with Gasteiger partial charge < -0.3 is 9.99 Å². The van der Waals surface area contributed by atoms with Crippen LogP contribution in [0.15, 0.2) is 24.0 Å². The summed E-state index contributed by atoms with van der Waals surface area (Å²) in [5.74, 6) is 2.47. The first kappa shape index (κ1) is 16.4. The zero-order valence-corrected chi connectivity index (χ0v) is 12.3. The molecule has 2 N–H and O–H groups in total. The number of aryl methyl sites for hydroxylation is 1. The second-order valence-corrected chi connectivity index (χ2v) is 4.52. The van der Waals surface area contributed by atoms with Crippen LogP contribution < -0.4 is 10.9 Å². The van der Waals surface area contributed by atoms with Crippen molar-refractivity contribution in [2.75, 3.05) is 7.05 Å². The summed E-state index contributed by atoms with van der Waals surface area (Å²) in [6, 6.07) is 0. The van der Waals surface area contributed by atoms with Crippen LogP contribution in [-0.2, 0) is 7.05 Å². The van der Waals surface area contributed by atoms with Crippen molar-refractivity contribution in [2.24, 2.45) is 18.0 Å². The summed E-state index contributed by atoms with van der Waals surface area (Å²) in [5, 5.41) is 0. The minimum atomic E-state index is 0.700. The average molecular weight is 251 g/mol. The van der Waals surface area contributed by atoms with Crippen molar-refractivity contribution in [3.63, 3.8) is 0 Å². The van der Waals surface area contributed by atoms with Crippen molar-refractivity contribution in [3.05, 3.63) is 30.5 Å². The predicted octanol–water partition coefficient (Wildman–Crippen LogP) is 2.00. The summed E-state index contributed by atoms with van der Waals surface area (Å²) in [5.41, 5.74) is 6.65. The monoisotopic (exact) mass is 251 g/mol. The highest BCUT2D eigenvalue weighted by Crippen LogP contribution is 2.02. The van der Waals surface area contributed by atoms with Gasteiger partial charge in [-0.25, -0.2) is 15.4 Å². The van der Waals surface area contributed by atoms with Crippen molar-refractivity contribution in [2.45, 2.75) is 27.7 Å². The third kappa shape index (κ3) is 5.63. The van der Waals surface area contributed by atoms with E-state index < -0.39 is 0 Å². The Morgan fingerprint density at radius 2 is 2.06 bits per heavy atom. The van der Waals surface area contributed by atoms with Crippen LogP contribution in [0.2, 0.25) is 0 Å². The number of amidine groups is 1. The standard InChI is InChI=1S/C9H15N5.C4H10/c1-5-11-9(13-10-3)8-6-12-7(2)14(8)4;1-4(2)3/h5-6,10H,1H2,2-4H3,(H,11,13);4H,1-3H3. The number of hydrazine groups is 1. The average Bonchev–Trinajstić information content (AvgIpc) is 2.59. The normalized spacial score (nSPS) is 10.9. The highest BCUT2D eigenvalue weighted by atomic mass is 15.4. The fraction of sp³-hybridized carbons (Fsp3) is 0.538. The summed E-state index contributed by atoms with van der Waals surface area (Å²) in [6.07, 6.45) is 3.25. The molecule has 0 saturated carbocycles. The van der Waals surface area contributed by atoms with E-state index in [2.05, 4.69) is 48.2 Å². The molecule has 0 aromatic carbocycles. The van der Waals surface area contributed by atoms with Gasteiger partial charge in [-0.3, -0.25) is 0 Å². The van der Waals surface area contributed by atoms with Gasteiger partial charge in [0.25, 0.3) is 0 Å². The van der Waals surface area contributed by atoms with Crippen LogP contribution in [0.4, 0.5) is 0 Å². The molecule has 0 spiro atoms. The fourth-order valence-electron chi connectivity index (χ4n) is 1.09. The van der Waals surface area contributed by atoms with Gasteiger partial charge in [0.05, 0.1) is 6.20 Å². The second-order valence-electron chi connectivity index (χ2n) is 4.52. The van der Waals surface area contributed by atoms with Crippen molar-refractivity contribution >= 4 is 5.84 Å². The number of aromatic nitrogens is 2. The van der Waals surface area contributed by atoms with Crippen LogP contribution in [0.1, 0.15) is 32.3 Å². The van der Waals surface area contributed by atoms with Crippen LogP contribution >= 0.6 is 0 Å². The van der Waals surface area contributed by atoms with Crippen LogP contribution in [-0.4, -0.2) is 22.4 Å². The molecule has 0 aliphatic rings. The lowest BCUT2D eigenvalue weighted by Crippen LogP contribution is -2.35. The third-order valence-corrected chi connectivity index (χ3v) is 1.93. The summed E-state index contributed by atoms with van der Waals surface area (Å²) >= 11 is 0. The highest BCUT2D eigenvalue weighted by molar-refractivity contribution is 5.97. The quantitative estimate of drug-likeness (QED) is 0.491. The molecule has 0 bridgehead atoms. The molecule has 5 nitrogen and oxygen atoms in total. The maximum atomic E-state index is 4.18. The molecule has 1 rings (SSSR count). The molecule has 1 aromatic rings. The molecule has 18 heavy (non-hydrogen) atoms. The first-order chi connectivity index (χ1) is 8.43. The Morgan fingerprint density at radius 1 is 1.50 bits per heavy atom. The Kier molecular flexibility index (Phi) is 7.71. The number of hydrogen-bond donors (Lipinski definition) is 2. The molecule has 0 atom stereocenters. The predicted molar refractivity (Wildman–Crippen MR) is 77.4 cm³/mol. The minimum absolute atomic E-state index is 0.700. The molecule has 0 radical (unpaired) electrons. The first-order valence-electron chi connectivity index (χ1n) is 6.04. The van der Waals surface area contributed by atoms with Crippen molar-refractivity contribution < 1.29 is 0 Å². The molecule has 0 amide bonds. The molecule has 0 aliphatic carbocycles. The topological polar surface area (TPSA) is 54.2 Å². The molecular formula is C13H25N5. The van der Waals surface area contributed by atoms with Crippen molar-refractivity contribution in [1.82, 2.24) is 20.4 Å². The molecule has 0 saturated heterocycles. The Balaban J connectivity index is 0.000000631. The minimum Gasteiger partial charge on any atom is -0.329 e. The number of hydrogen-bond acceptors (Lipinski definition) is 3. The lowest BCUT2D eigenvalue weighted by molar-refractivity contribution is 0.737. The third-order valence-electron chi connectivity index (χ3n) is 1.93. The van der Waals surface area contributed by atoms with Gasteiger partial charge in [0.15, 0.2) is 5.84 Å². The largest absolute Gasteiger partial charge is 0.329 e. The second kappa shape index (κ2) is 8.47. The highest BCUT2D eigenvalue weighted by Gasteiger charge is 2.08. The molecule has 102 valence electrons. The molecule has 5 heteroatoms. The molecule has 0 unspecified atom stereocenters. The number of nitrogens with zero attached hydrogens (tertiary/aromatic N) is 3. The van der Waals surface area contributed by atoms with Crippen molar-refractivity contribution in [1.29, 1.82) is 0 Å². The summed E-state index contributed by atoms with van der Waals surface area (Å²) in [7, 11) is 3.72. The summed E-state index contributed by atoms with van der Waals surface area (Å²) < 4.78 is 1.95. The van der Waals surface area contributed by atoms with Crippen LogP contribution in [0, 0.1) is 12.8 Å². The van der Waals surface area contributed by atoms with Crippen LogP contribution in [0.25, 0.3) is 0 Å². The van der Waals surface area contributed by atoms with Gasteiger partial charge in [0, 0.05) is 20.3 Å². The van der Waals surface area contributed by atoms with E-state index in [0.29, 0.717) is 5.84 Å².